The third kappa shape index (κ3) is 5.40. The van der Waals surface area contributed by atoms with Crippen LogP contribution in [0.3, 0.4) is 0 Å². The molecule has 40 heavy (non-hydrogen) atoms. The molecule has 0 spiro atoms. The number of fused-ring (bicyclic) bond motifs is 5. The summed E-state index contributed by atoms with van der Waals surface area (Å²) in [4.78, 5) is 24.7. The van der Waals surface area contributed by atoms with Crippen LogP contribution in [0.15, 0.2) is 24.3 Å². The fourth-order valence-corrected chi connectivity index (χ4v) is 10.1. The maximum Gasteiger partial charge on any atom is 0.326 e. The number of carbonyl (C=O) groups is 2. The Hall–Kier alpha value is -2.12. The molecule has 1 aromatic rings. The molecule has 1 aromatic carbocycles. The monoisotopic (exact) mass is 555 g/mol. The number of rotatable bonds is 8. The van der Waals surface area contributed by atoms with Crippen molar-refractivity contribution in [2.75, 3.05) is 0 Å². The van der Waals surface area contributed by atoms with Gasteiger partial charge in [0, 0.05) is 12.8 Å². The van der Waals surface area contributed by atoms with Crippen LogP contribution in [-0.2, 0) is 16.0 Å². The van der Waals surface area contributed by atoms with E-state index in [4.69, 9.17) is 0 Å². The van der Waals surface area contributed by atoms with Crippen LogP contribution in [0.4, 0.5) is 0 Å². The van der Waals surface area contributed by atoms with Crippen LogP contribution in [0, 0.1) is 46.3 Å². The van der Waals surface area contributed by atoms with Gasteiger partial charge in [0.05, 0.1) is 12.2 Å². The van der Waals surface area contributed by atoms with Crippen molar-refractivity contribution in [3.8, 4) is 5.75 Å². The zero-order chi connectivity index (χ0) is 28.8. The van der Waals surface area contributed by atoms with Crippen molar-refractivity contribution in [1.82, 2.24) is 5.32 Å². The Morgan fingerprint density at radius 2 is 1.62 bits per heavy atom. The van der Waals surface area contributed by atoms with E-state index >= 15 is 0 Å². The molecule has 4 aliphatic rings. The fourth-order valence-electron chi connectivity index (χ4n) is 10.1. The Bertz CT molecular complexity index is 1080. The summed E-state index contributed by atoms with van der Waals surface area (Å²) in [6.07, 6.45) is 8.80. The molecule has 11 atom stereocenters. The van der Waals surface area contributed by atoms with Crippen LogP contribution >= 0.6 is 0 Å². The first-order valence-electron chi connectivity index (χ1n) is 15.6. The van der Waals surface area contributed by atoms with Crippen molar-refractivity contribution >= 4 is 11.9 Å². The Morgan fingerprint density at radius 3 is 2.33 bits per heavy atom. The van der Waals surface area contributed by atoms with Crippen LogP contribution in [0.2, 0.25) is 0 Å². The lowest BCUT2D eigenvalue weighted by Crippen LogP contribution is -2.58. The van der Waals surface area contributed by atoms with Crippen molar-refractivity contribution in [3.63, 3.8) is 0 Å². The molecule has 0 aromatic heterocycles. The van der Waals surface area contributed by atoms with Crippen LogP contribution < -0.4 is 5.32 Å². The number of aliphatic hydroxyl groups excluding tert-OH is 2. The molecule has 0 aliphatic heterocycles. The highest BCUT2D eigenvalue weighted by molar-refractivity contribution is 5.83. The number of hydrogen-bond acceptors (Lipinski definition) is 5. The summed E-state index contributed by atoms with van der Waals surface area (Å²) in [5, 5.41) is 43.5. The smallest absolute Gasteiger partial charge is 0.326 e. The van der Waals surface area contributed by atoms with E-state index in [1.54, 1.807) is 12.1 Å². The normalized spacial score (nSPS) is 40.3. The summed E-state index contributed by atoms with van der Waals surface area (Å²) in [6, 6.07) is 5.39. The number of hydrogen-bond donors (Lipinski definition) is 5. The van der Waals surface area contributed by atoms with Crippen molar-refractivity contribution in [3.05, 3.63) is 29.8 Å². The van der Waals surface area contributed by atoms with Gasteiger partial charge in [-0.3, -0.25) is 4.79 Å². The van der Waals surface area contributed by atoms with E-state index in [2.05, 4.69) is 26.1 Å². The van der Waals surface area contributed by atoms with Crippen LogP contribution in [0.1, 0.15) is 90.5 Å². The van der Waals surface area contributed by atoms with Gasteiger partial charge in [0.25, 0.3) is 0 Å². The van der Waals surface area contributed by atoms with E-state index in [1.165, 1.54) is 31.4 Å². The lowest BCUT2D eigenvalue weighted by molar-refractivity contribution is -0.172. The molecular formula is C33H49NO6. The summed E-state index contributed by atoms with van der Waals surface area (Å²) in [7, 11) is 0. The Morgan fingerprint density at radius 1 is 0.950 bits per heavy atom. The number of aliphatic carboxylic acids is 1. The van der Waals surface area contributed by atoms with E-state index in [9.17, 15) is 30.0 Å². The predicted octanol–water partition coefficient (Wildman–Crippen LogP) is 4.91. The number of aliphatic hydroxyl groups is 2. The molecule has 0 bridgehead atoms. The average Bonchev–Trinajstić information content (AvgIpc) is 3.26. The van der Waals surface area contributed by atoms with Gasteiger partial charge in [0.15, 0.2) is 0 Å². The van der Waals surface area contributed by atoms with Crippen LogP contribution in [-0.4, -0.2) is 50.6 Å². The molecule has 222 valence electrons. The standard InChI is InChI=1S/C33H49NO6/c1-19(4-11-30(38)34-28(31(39)40)16-20-5-7-21(35)8-6-20)24-9-10-25-23-18-29(37)27-17-22(36)12-14-33(27,3)26(23)13-15-32(24,25)2/h5-8,19,22-29,35-37H,4,9-18H2,1-3H3,(H,34,38)(H,39,40)/t19-,22-,23+,24-,25+,26+,27+,28+,29+,32-,33-/m1/s1. The molecule has 1 amide bonds. The van der Waals surface area contributed by atoms with Crippen LogP contribution in [0.25, 0.3) is 0 Å². The molecule has 0 radical (unpaired) electrons. The molecular weight excluding hydrogens is 506 g/mol. The minimum Gasteiger partial charge on any atom is -0.508 e. The van der Waals surface area contributed by atoms with Gasteiger partial charge in [0.2, 0.25) is 5.91 Å². The van der Waals surface area contributed by atoms with Gasteiger partial charge < -0.3 is 25.7 Å². The molecule has 7 heteroatoms. The average molecular weight is 556 g/mol. The number of carboxylic acids is 1. The van der Waals surface area contributed by atoms with Gasteiger partial charge in [-0.05, 0) is 122 Å². The molecule has 4 aliphatic carbocycles. The number of phenolic OH excluding ortho intramolecular Hbond substituents is 1. The molecule has 4 saturated carbocycles. The second kappa shape index (κ2) is 11.3. The number of benzene rings is 1. The molecule has 5 rings (SSSR count). The van der Waals surface area contributed by atoms with Crippen LogP contribution in [0.5, 0.6) is 5.75 Å². The van der Waals surface area contributed by atoms with Crippen molar-refractivity contribution < 1.29 is 30.0 Å². The highest BCUT2D eigenvalue weighted by Gasteiger charge is 2.62. The Kier molecular flexibility index (Phi) is 8.28. The molecule has 5 N–H and O–H groups in total. The second-order valence-corrected chi connectivity index (χ2v) is 14.3. The highest BCUT2D eigenvalue weighted by atomic mass is 16.4. The number of phenols is 1. The fraction of sp³-hybridized carbons (Fsp3) is 0.758. The molecule has 7 nitrogen and oxygen atoms in total. The van der Waals surface area contributed by atoms with E-state index in [1.807, 2.05) is 0 Å². The van der Waals surface area contributed by atoms with Gasteiger partial charge in [-0.2, -0.15) is 0 Å². The zero-order valence-electron chi connectivity index (χ0n) is 24.4. The lowest BCUT2D eigenvalue weighted by Gasteiger charge is -2.62. The third-order valence-electron chi connectivity index (χ3n) is 12.2. The van der Waals surface area contributed by atoms with E-state index in [0.29, 0.717) is 36.0 Å². The minimum atomic E-state index is -1.06. The van der Waals surface area contributed by atoms with Gasteiger partial charge in [0.1, 0.15) is 11.8 Å². The van der Waals surface area contributed by atoms with Crippen molar-refractivity contribution in [1.29, 1.82) is 0 Å². The largest absolute Gasteiger partial charge is 0.508 e. The summed E-state index contributed by atoms with van der Waals surface area (Å²) >= 11 is 0. The van der Waals surface area contributed by atoms with Gasteiger partial charge in [-0.25, -0.2) is 4.79 Å². The Labute approximate surface area is 238 Å². The zero-order valence-corrected chi connectivity index (χ0v) is 24.4. The van der Waals surface area contributed by atoms with E-state index < -0.39 is 12.0 Å². The first-order valence-corrected chi connectivity index (χ1v) is 15.6. The Balaban J connectivity index is 1.19. The van der Waals surface area contributed by atoms with Gasteiger partial charge in [-0.15, -0.1) is 0 Å². The summed E-state index contributed by atoms with van der Waals surface area (Å²) in [5.74, 6) is 1.67. The van der Waals surface area contributed by atoms with Gasteiger partial charge in [-0.1, -0.05) is 32.9 Å². The van der Waals surface area contributed by atoms with E-state index in [-0.39, 0.29) is 47.0 Å². The first-order chi connectivity index (χ1) is 18.9. The number of aromatic hydroxyl groups is 1. The second-order valence-electron chi connectivity index (χ2n) is 14.3. The quantitative estimate of drug-likeness (QED) is 0.310. The number of nitrogens with one attached hydrogen (secondary N) is 1. The predicted molar refractivity (Wildman–Crippen MR) is 152 cm³/mol. The molecule has 4 fully saturated rings. The number of carboxylic acid groups (broad SMARTS) is 1. The number of carbonyl (C=O) groups excluding carboxylic acids is 1. The maximum atomic E-state index is 12.8. The lowest BCUT2D eigenvalue weighted by atomic mass is 9.44. The topological polar surface area (TPSA) is 127 Å². The summed E-state index contributed by atoms with van der Waals surface area (Å²) in [5.41, 5.74) is 1.07. The molecule has 0 unspecified atom stereocenters. The van der Waals surface area contributed by atoms with Crippen molar-refractivity contribution in [2.24, 2.45) is 46.3 Å². The summed E-state index contributed by atoms with van der Waals surface area (Å²) in [6.45, 7) is 7.12. The van der Waals surface area contributed by atoms with Gasteiger partial charge >= 0.3 is 5.97 Å². The van der Waals surface area contributed by atoms with E-state index in [0.717, 1.165) is 44.1 Å². The maximum absolute atomic E-state index is 12.8. The van der Waals surface area contributed by atoms with Crippen molar-refractivity contribution in [2.45, 2.75) is 110 Å². The minimum absolute atomic E-state index is 0.117. The SMILES string of the molecule is C[C@H](CCC(=O)N[C@@H](Cc1ccc(O)cc1)C(=O)O)[C@H]1CC[C@H]2[C@@H]3C[C@H](O)[C@@H]4C[C@H](O)CC[C@]4(C)[C@H]3CC[C@]12C. The number of amides is 1. The first kappa shape index (κ1) is 29.4. The third-order valence-corrected chi connectivity index (χ3v) is 12.2. The summed E-state index contributed by atoms with van der Waals surface area (Å²) < 4.78 is 0. The molecule has 0 saturated heterocycles. The molecule has 0 heterocycles. The highest BCUT2D eigenvalue weighted by Crippen LogP contribution is 2.68.